The Morgan fingerprint density at radius 1 is 1.24 bits per heavy atom. The molecule has 0 unspecified atom stereocenters. The topological polar surface area (TPSA) is 31.9 Å². The highest BCUT2D eigenvalue weighted by molar-refractivity contribution is 5.59. The first kappa shape index (κ1) is 18.0. The van der Waals surface area contributed by atoms with Gasteiger partial charge in [-0.05, 0) is 57.8 Å². The van der Waals surface area contributed by atoms with Crippen LogP contribution in [-0.2, 0) is 12.6 Å². The number of rotatable bonds is 4. The number of nitrogens with one attached hydrogen (secondary N) is 1. The van der Waals surface area contributed by atoms with Crippen LogP contribution in [-0.4, -0.2) is 34.0 Å². The molecule has 0 atom stereocenters. The third-order valence-corrected chi connectivity index (χ3v) is 4.99. The van der Waals surface area contributed by atoms with Gasteiger partial charge in [0.15, 0.2) is 0 Å². The van der Waals surface area contributed by atoms with E-state index in [0.717, 1.165) is 44.2 Å². The minimum absolute atomic E-state index is 0.517. The smallest absolute Gasteiger partial charge is 0.342 e. The maximum atomic E-state index is 12.9. The largest absolute Gasteiger partial charge is 0.416 e. The van der Waals surface area contributed by atoms with E-state index >= 15 is 0 Å². The Balaban J connectivity index is 1.65. The normalized spacial score (nSPS) is 17.4. The van der Waals surface area contributed by atoms with Crippen LogP contribution >= 0.6 is 0 Å². The van der Waals surface area contributed by atoms with Gasteiger partial charge in [-0.3, -0.25) is 0 Å². The molecule has 1 aromatic heterocycles. The van der Waals surface area contributed by atoms with Gasteiger partial charge in [0, 0.05) is 18.0 Å². The fourth-order valence-electron chi connectivity index (χ4n) is 3.42. The standard InChI is InChI=1S/C19H24F3N3/c1-13(2)25-8-6-14(7-9-25)10-18-23-12-17(24-18)15-4-3-5-16(11-15)19(20,21)22/h3-5,11-14H,6-10H2,1-2H3,(H,23,24). The summed E-state index contributed by atoms with van der Waals surface area (Å²) >= 11 is 0. The van der Waals surface area contributed by atoms with E-state index in [2.05, 4.69) is 28.7 Å². The zero-order valence-electron chi connectivity index (χ0n) is 14.6. The number of likely N-dealkylation sites (tertiary alicyclic amines) is 1. The summed E-state index contributed by atoms with van der Waals surface area (Å²) in [5.74, 6) is 1.44. The summed E-state index contributed by atoms with van der Waals surface area (Å²) in [5, 5.41) is 0. The number of H-pyrrole nitrogens is 1. The summed E-state index contributed by atoms with van der Waals surface area (Å²) in [6.07, 6.45) is 0.428. The van der Waals surface area contributed by atoms with Gasteiger partial charge in [0.05, 0.1) is 17.5 Å². The zero-order valence-corrected chi connectivity index (χ0v) is 14.6. The molecule has 1 aliphatic rings. The van der Waals surface area contributed by atoms with Gasteiger partial charge in [0.1, 0.15) is 5.82 Å². The molecule has 3 nitrogen and oxygen atoms in total. The van der Waals surface area contributed by atoms with Crippen LogP contribution in [0.2, 0.25) is 0 Å². The van der Waals surface area contributed by atoms with Crippen molar-refractivity contribution in [3.63, 3.8) is 0 Å². The molecular weight excluding hydrogens is 327 g/mol. The fraction of sp³-hybridized carbons (Fsp3) is 0.526. The summed E-state index contributed by atoms with van der Waals surface area (Å²) < 4.78 is 38.6. The lowest BCUT2D eigenvalue weighted by atomic mass is 9.92. The van der Waals surface area contributed by atoms with Crippen LogP contribution in [0.25, 0.3) is 11.3 Å². The maximum Gasteiger partial charge on any atom is 0.416 e. The number of aromatic nitrogens is 2. The first-order valence-electron chi connectivity index (χ1n) is 8.78. The van der Waals surface area contributed by atoms with Crippen LogP contribution in [0.3, 0.4) is 0 Å². The van der Waals surface area contributed by atoms with Crippen molar-refractivity contribution >= 4 is 0 Å². The van der Waals surface area contributed by atoms with Crippen LogP contribution in [0.5, 0.6) is 0 Å². The number of piperidine rings is 1. The third kappa shape index (κ3) is 4.42. The maximum absolute atomic E-state index is 12.9. The molecule has 1 aromatic carbocycles. The highest BCUT2D eigenvalue weighted by atomic mass is 19.4. The molecular formula is C19H24F3N3. The van der Waals surface area contributed by atoms with E-state index in [9.17, 15) is 13.2 Å². The summed E-state index contributed by atoms with van der Waals surface area (Å²) in [5.41, 5.74) is 0.520. The van der Waals surface area contributed by atoms with Crippen molar-refractivity contribution in [2.75, 3.05) is 13.1 Å². The number of nitrogens with zero attached hydrogens (tertiary/aromatic N) is 2. The Bertz CT molecular complexity index is 698. The molecule has 25 heavy (non-hydrogen) atoms. The van der Waals surface area contributed by atoms with Crippen molar-refractivity contribution in [1.82, 2.24) is 14.9 Å². The predicted octanol–water partition coefficient (Wildman–Crippen LogP) is 4.76. The molecule has 1 N–H and O–H groups in total. The number of hydrogen-bond acceptors (Lipinski definition) is 2. The molecule has 2 aromatic rings. The second-order valence-electron chi connectivity index (χ2n) is 7.10. The Hall–Kier alpha value is -1.82. The molecule has 0 amide bonds. The van der Waals surface area contributed by atoms with Gasteiger partial charge in [-0.2, -0.15) is 13.2 Å². The highest BCUT2D eigenvalue weighted by Gasteiger charge is 2.30. The van der Waals surface area contributed by atoms with Crippen molar-refractivity contribution < 1.29 is 13.2 Å². The van der Waals surface area contributed by atoms with Crippen molar-refractivity contribution in [3.05, 3.63) is 41.9 Å². The van der Waals surface area contributed by atoms with Gasteiger partial charge in [0.2, 0.25) is 0 Å². The molecule has 1 aliphatic heterocycles. The lowest BCUT2D eigenvalue weighted by Crippen LogP contribution is -2.38. The van der Waals surface area contributed by atoms with E-state index in [1.54, 1.807) is 12.3 Å². The van der Waals surface area contributed by atoms with Crippen LogP contribution in [0.15, 0.2) is 30.5 Å². The summed E-state index contributed by atoms with van der Waals surface area (Å²) in [7, 11) is 0. The van der Waals surface area contributed by atoms with E-state index in [-0.39, 0.29) is 0 Å². The molecule has 0 bridgehead atoms. The van der Waals surface area contributed by atoms with Crippen LogP contribution in [0, 0.1) is 5.92 Å². The fourth-order valence-corrected chi connectivity index (χ4v) is 3.42. The predicted molar refractivity (Wildman–Crippen MR) is 92.2 cm³/mol. The molecule has 0 spiro atoms. The van der Waals surface area contributed by atoms with Gasteiger partial charge in [-0.25, -0.2) is 4.98 Å². The first-order chi connectivity index (χ1) is 11.8. The summed E-state index contributed by atoms with van der Waals surface area (Å²) in [4.78, 5) is 10.1. The Labute approximate surface area is 146 Å². The number of aromatic amines is 1. The summed E-state index contributed by atoms with van der Waals surface area (Å²) in [6, 6.07) is 5.94. The first-order valence-corrected chi connectivity index (χ1v) is 8.78. The number of alkyl halides is 3. The molecule has 1 fully saturated rings. The Morgan fingerprint density at radius 2 is 1.96 bits per heavy atom. The minimum atomic E-state index is -4.33. The van der Waals surface area contributed by atoms with Gasteiger partial charge >= 0.3 is 6.18 Å². The van der Waals surface area contributed by atoms with E-state index < -0.39 is 11.7 Å². The van der Waals surface area contributed by atoms with E-state index in [0.29, 0.717) is 23.2 Å². The molecule has 2 heterocycles. The van der Waals surface area contributed by atoms with Crippen molar-refractivity contribution in [2.24, 2.45) is 5.92 Å². The van der Waals surface area contributed by atoms with E-state index in [1.807, 2.05) is 0 Å². The molecule has 6 heteroatoms. The van der Waals surface area contributed by atoms with Gasteiger partial charge < -0.3 is 9.88 Å². The lowest BCUT2D eigenvalue weighted by Gasteiger charge is -2.34. The monoisotopic (exact) mass is 351 g/mol. The second-order valence-corrected chi connectivity index (χ2v) is 7.10. The van der Waals surface area contributed by atoms with Crippen molar-refractivity contribution in [1.29, 1.82) is 0 Å². The lowest BCUT2D eigenvalue weighted by molar-refractivity contribution is -0.137. The van der Waals surface area contributed by atoms with Crippen molar-refractivity contribution in [3.8, 4) is 11.3 Å². The number of benzene rings is 1. The summed E-state index contributed by atoms with van der Waals surface area (Å²) in [6.45, 7) is 6.63. The van der Waals surface area contributed by atoms with Gasteiger partial charge in [-0.1, -0.05) is 12.1 Å². The number of imidazole rings is 1. The van der Waals surface area contributed by atoms with Crippen LogP contribution in [0.4, 0.5) is 13.2 Å². The molecule has 0 radical (unpaired) electrons. The quantitative estimate of drug-likeness (QED) is 0.861. The number of halogens is 3. The highest BCUT2D eigenvalue weighted by Crippen LogP contribution is 2.32. The SMILES string of the molecule is CC(C)N1CCC(Cc2ncc(-c3cccc(C(F)(F)F)c3)[nH]2)CC1. The molecule has 136 valence electrons. The molecule has 0 saturated carbocycles. The van der Waals surface area contributed by atoms with Crippen LogP contribution in [0.1, 0.15) is 38.1 Å². The van der Waals surface area contributed by atoms with E-state index in [4.69, 9.17) is 0 Å². The molecule has 1 saturated heterocycles. The molecule has 0 aliphatic carbocycles. The average Bonchev–Trinajstić information content (AvgIpc) is 3.03. The Kier molecular flexibility index (Phi) is 5.18. The third-order valence-electron chi connectivity index (χ3n) is 4.99. The van der Waals surface area contributed by atoms with E-state index in [1.165, 1.54) is 12.1 Å². The van der Waals surface area contributed by atoms with Crippen LogP contribution < -0.4 is 0 Å². The van der Waals surface area contributed by atoms with Crippen molar-refractivity contribution in [2.45, 2.75) is 45.3 Å². The average molecular weight is 351 g/mol. The Morgan fingerprint density at radius 3 is 2.60 bits per heavy atom. The van der Waals surface area contributed by atoms with Gasteiger partial charge in [0.25, 0.3) is 0 Å². The second kappa shape index (κ2) is 7.20. The zero-order chi connectivity index (χ0) is 18.0. The number of hydrogen-bond donors (Lipinski definition) is 1. The van der Waals surface area contributed by atoms with Gasteiger partial charge in [-0.15, -0.1) is 0 Å². The molecule has 3 rings (SSSR count). The minimum Gasteiger partial charge on any atom is -0.342 e.